The predicted molar refractivity (Wildman–Crippen MR) is 59.5 cm³/mol. The van der Waals surface area contributed by atoms with E-state index in [0.717, 1.165) is 19.4 Å². The SMILES string of the molecule is Cn1ncc(Cl)c1C(=O)NC[C@H]1CCCO1. The molecule has 1 fully saturated rings. The number of aryl methyl sites for hydroxylation is 1. The van der Waals surface area contributed by atoms with Crippen LogP contribution in [-0.4, -0.2) is 34.9 Å². The van der Waals surface area contributed by atoms with E-state index in [4.69, 9.17) is 16.3 Å². The Hall–Kier alpha value is -1.07. The van der Waals surface area contributed by atoms with Gasteiger partial charge in [0.2, 0.25) is 0 Å². The topological polar surface area (TPSA) is 56.2 Å². The summed E-state index contributed by atoms with van der Waals surface area (Å²) in [5.41, 5.74) is 0.389. The molecule has 1 aliphatic heterocycles. The fourth-order valence-corrected chi connectivity index (χ4v) is 2.01. The Morgan fingerprint density at radius 2 is 2.62 bits per heavy atom. The van der Waals surface area contributed by atoms with Gasteiger partial charge in [-0.25, -0.2) is 0 Å². The molecule has 0 radical (unpaired) electrons. The van der Waals surface area contributed by atoms with E-state index < -0.39 is 0 Å². The monoisotopic (exact) mass is 243 g/mol. The Bertz CT molecular complexity index is 366. The molecule has 1 saturated heterocycles. The second-order valence-corrected chi connectivity index (χ2v) is 4.22. The van der Waals surface area contributed by atoms with Crippen molar-refractivity contribution in [1.82, 2.24) is 15.1 Å². The number of nitrogens with one attached hydrogen (secondary N) is 1. The van der Waals surface area contributed by atoms with Gasteiger partial charge in [0.25, 0.3) is 5.91 Å². The first-order valence-electron chi connectivity index (χ1n) is 5.26. The molecule has 2 heterocycles. The number of aromatic nitrogens is 2. The van der Waals surface area contributed by atoms with Gasteiger partial charge in [-0.05, 0) is 12.8 Å². The highest BCUT2D eigenvalue weighted by Gasteiger charge is 2.19. The summed E-state index contributed by atoms with van der Waals surface area (Å²) in [5, 5.41) is 7.08. The first kappa shape index (κ1) is 11.4. The zero-order valence-corrected chi connectivity index (χ0v) is 9.83. The minimum atomic E-state index is -0.208. The van der Waals surface area contributed by atoms with Gasteiger partial charge >= 0.3 is 0 Å². The van der Waals surface area contributed by atoms with E-state index in [1.807, 2.05) is 0 Å². The number of halogens is 1. The van der Waals surface area contributed by atoms with Gasteiger partial charge in [-0.15, -0.1) is 0 Å². The molecule has 1 N–H and O–H groups in total. The van der Waals surface area contributed by atoms with E-state index in [0.29, 0.717) is 17.3 Å². The predicted octanol–water partition coefficient (Wildman–Crippen LogP) is 0.982. The summed E-state index contributed by atoms with van der Waals surface area (Å²) in [4.78, 5) is 11.8. The van der Waals surface area contributed by atoms with Crippen molar-refractivity contribution in [3.63, 3.8) is 0 Å². The minimum Gasteiger partial charge on any atom is -0.376 e. The summed E-state index contributed by atoms with van der Waals surface area (Å²) >= 11 is 5.86. The Morgan fingerprint density at radius 3 is 3.19 bits per heavy atom. The number of hydrogen-bond donors (Lipinski definition) is 1. The fourth-order valence-electron chi connectivity index (χ4n) is 1.76. The van der Waals surface area contributed by atoms with E-state index in [1.165, 1.54) is 10.9 Å². The molecule has 0 spiro atoms. The third-order valence-corrected chi connectivity index (χ3v) is 2.90. The van der Waals surface area contributed by atoms with Gasteiger partial charge in [-0.2, -0.15) is 5.10 Å². The van der Waals surface area contributed by atoms with E-state index >= 15 is 0 Å². The van der Waals surface area contributed by atoms with Crippen LogP contribution in [0.1, 0.15) is 23.3 Å². The average Bonchev–Trinajstić information content (AvgIpc) is 2.86. The van der Waals surface area contributed by atoms with Gasteiger partial charge in [0, 0.05) is 20.2 Å². The lowest BCUT2D eigenvalue weighted by Gasteiger charge is -2.10. The number of ether oxygens (including phenoxy) is 1. The highest BCUT2D eigenvalue weighted by Crippen LogP contribution is 2.14. The minimum absolute atomic E-state index is 0.135. The van der Waals surface area contributed by atoms with Crippen molar-refractivity contribution in [3.05, 3.63) is 16.9 Å². The number of carbonyl (C=O) groups excluding carboxylic acids is 1. The van der Waals surface area contributed by atoms with Crippen molar-refractivity contribution in [1.29, 1.82) is 0 Å². The molecule has 2 rings (SSSR count). The fraction of sp³-hybridized carbons (Fsp3) is 0.600. The van der Waals surface area contributed by atoms with Crippen LogP contribution in [0.2, 0.25) is 5.02 Å². The molecule has 16 heavy (non-hydrogen) atoms. The second kappa shape index (κ2) is 4.84. The lowest BCUT2D eigenvalue weighted by Crippen LogP contribution is -2.33. The van der Waals surface area contributed by atoms with Crippen LogP contribution in [0.15, 0.2) is 6.20 Å². The van der Waals surface area contributed by atoms with E-state index in [-0.39, 0.29) is 12.0 Å². The average molecular weight is 244 g/mol. The molecule has 6 heteroatoms. The van der Waals surface area contributed by atoms with Crippen LogP contribution >= 0.6 is 11.6 Å². The van der Waals surface area contributed by atoms with Crippen molar-refractivity contribution in [2.75, 3.05) is 13.2 Å². The van der Waals surface area contributed by atoms with Crippen LogP contribution in [0.4, 0.5) is 0 Å². The molecular weight excluding hydrogens is 230 g/mol. The zero-order valence-electron chi connectivity index (χ0n) is 9.07. The molecule has 1 aliphatic rings. The molecule has 1 aromatic heterocycles. The van der Waals surface area contributed by atoms with E-state index in [9.17, 15) is 4.79 Å². The Balaban J connectivity index is 1.92. The van der Waals surface area contributed by atoms with Crippen molar-refractivity contribution in [2.24, 2.45) is 7.05 Å². The quantitative estimate of drug-likeness (QED) is 0.861. The van der Waals surface area contributed by atoms with Gasteiger partial charge < -0.3 is 10.1 Å². The standard InChI is InChI=1S/C10H14ClN3O2/c1-14-9(8(11)6-13-14)10(15)12-5-7-3-2-4-16-7/h6-7H,2-5H2,1H3,(H,12,15)/t7-/m1/s1. The largest absolute Gasteiger partial charge is 0.376 e. The first-order valence-corrected chi connectivity index (χ1v) is 5.63. The van der Waals surface area contributed by atoms with Crippen LogP contribution in [0, 0.1) is 0 Å². The number of carbonyl (C=O) groups is 1. The zero-order chi connectivity index (χ0) is 11.5. The summed E-state index contributed by atoms with van der Waals surface area (Å²) < 4.78 is 6.88. The molecule has 0 aliphatic carbocycles. The van der Waals surface area contributed by atoms with Crippen molar-refractivity contribution < 1.29 is 9.53 Å². The number of amides is 1. The van der Waals surface area contributed by atoms with Crippen LogP contribution in [0.3, 0.4) is 0 Å². The summed E-state index contributed by atoms with van der Waals surface area (Å²) in [6.07, 6.45) is 3.66. The second-order valence-electron chi connectivity index (χ2n) is 3.81. The summed E-state index contributed by atoms with van der Waals surface area (Å²) in [6.45, 7) is 1.31. The molecule has 5 nitrogen and oxygen atoms in total. The van der Waals surface area contributed by atoms with Gasteiger partial charge in [0.15, 0.2) is 0 Å². The molecule has 0 bridgehead atoms. The Kier molecular flexibility index (Phi) is 3.46. The van der Waals surface area contributed by atoms with E-state index in [2.05, 4.69) is 10.4 Å². The molecule has 0 unspecified atom stereocenters. The van der Waals surface area contributed by atoms with Gasteiger partial charge in [-0.1, -0.05) is 11.6 Å². The number of rotatable bonds is 3. The Morgan fingerprint density at radius 1 is 1.81 bits per heavy atom. The van der Waals surface area contributed by atoms with Crippen LogP contribution in [0.25, 0.3) is 0 Å². The van der Waals surface area contributed by atoms with Crippen LogP contribution in [0.5, 0.6) is 0 Å². The molecule has 1 aromatic rings. The maximum atomic E-state index is 11.8. The maximum Gasteiger partial charge on any atom is 0.271 e. The van der Waals surface area contributed by atoms with Crippen molar-refractivity contribution >= 4 is 17.5 Å². The lowest BCUT2D eigenvalue weighted by atomic mass is 10.2. The highest BCUT2D eigenvalue weighted by molar-refractivity contribution is 6.33. The van der Waals surface area contributed by atoms with Crippen molar-refractivity contribution in [2.45, 2.75) is 18.9 Å². The highest BCUT2D eigenvalue weighted by atomic mass is 35.5. The summed E-state index contributed by atoms with van der Waals surface area (Å²) in [7, 11) is 1.69. The molecule has 0 aromatic carbocycles. The van der Waals surface area contributed by atoms with E-state index in [1.54, 1.807) is 7.05 Å². The third kappa shape index (κ3) is 2.36. The van der Waals surface area contributed by atoms with Crippen molar-refractivity contribution in [3.8, 4) is 0 Å². The number of hydrogen-bond acceptors (Lipinski definition) is 3. The Labute approximate surface area is 98.7 Å². The maximum absolute atomic E-state index is 11.8. The lowest BCUT2D eigenvalue weighted by molar-refractivity contribution is 0.0850. The van der Waals surface area contributed by atoms with Gasteiger partial charge in [-0.3, -0.25) is 9.48 Å². The normalized spacial score (nSPS) is 20.0. The third-order valence-electron chi connectivity index (χ3n) is 2.62. The number of nitrogens with zero attached hydrogens (tertiary/aromatic N) is 2. The first-order chi connectivity index (χ1) is 7.68. The van der Waals surface area contributed by atoms with Crippen LogP contribution < -0.4 is 5.32 Å². The molecule has 1 amide bonds. The molecule has 0 saturated carbocycles. The summed E-state index contributed by atoms with van der Waals surface area (Å²) in [5.74, 6) is -0.208. The molecule has 88 valence electrons. The molecule has 1 atom stereocenters. The smallest absolute Gasteiger partial charge is 0.271 e. The van der Waals surface area contributed by atoms with Crippen LogP contribution in [-0.2, 0) is 11.8 Å². The summed E-state index contributed by atoms with van der Waals surface area (Å²) in [6, 6.07) is 0. The van der Waals surface area contributed by atoms with Gasteiger partial charge in [0.1, 0.15) is 5.69 Å². The molecular formula is C10H14ClN3O2. The van der Waals surface area contributed by atoms with Gasteiger partial charge in [0.05, 0.1) is 17.3 Å².